The summed E-state index contributed by atoms with van der Waals surface area (Å²) in [6.07, 6.45) is 0. The zero-order chi connectivity index (χ0) is 19.1. The van der Waals surface area contributed by atoms with Crippen LogP contribution in [-0.4, -0.2) is 33.0 Å². The number of carbonyl (C=O) groups excluding carboxylic acids is 3. The Hall–Kier alpha value is -3.74. The Labute approximate surface area is 154 Å². The van der Waals surface area contributed by atoms with Gasteiger partial charge >= 0.3 is 5.97 Å². The van der Waals surface area contributed by atoms with Crippen LogP contribution in [0.5, 0.6) is 0 Å². The minimum Gasteiger partial charge on any atom is -0.323 e. The van der Waals surface area contributed by atoms with Crippen LogP contribution in [-0.2, 0) is 4.84 Å². The first-order chi connectivity index (χ1) is 13.0. The number of hydrogen-bond donors (Lipinski definition) is 1. The molecule has 134 valence electrons. The number of aromatic nitrogens is 2. The lowest BCUT2D eigenvalue weighted by Crippen LogP contribution is -2.32. The number of nitrogens with zero attached hydrogens (tertiary/aromatic N) is 2. The molecule has 0 atom stereocenters. The SMILES string of the molecule is Cc1ccc(-c2cc(C(=O)ON3C(=O)c4ccccc4C3=O)[nH]n2)cc1C. The molecule has 2 amide bonds. The standard InChI is InChI=1S/C20H15N3O4/c1-11-7-8-13(9-12(11)2)16-10-17(22-21-16)20(26)27-23-18(24)14-5-3-4-6-15(14)19(23)25/h3-10H,1-2H3,(H,21,22). The number of rotatable bonds is 3. The highest BCUT2D eigenvalue weighted by Gasteiger charge is 2.39. The van der Waals surface area contributed by atoms with Gasteiger partial charge in [-0.25, -0.2) is 4.79 Å². The Morgan fingerprint density at radius 3 is 2.26 bits per heavy atom. The first kappa shape index (κ1) is 16.7. The van der Waals surface area contributed by atoms with Gasteiger partial charge in [-0.05, 0) is 49.2 Å². The van der Waals surface area contributed by atoms with Gasteiger partial charge in [0.2, 0.25) is 0 Å². The van der Waals surface area contributed by atoms with E-state index < -0.39 is 17.8 Å². The lowest BCUT2D eigenvalue weighted by molar-refractivity contribution is -0.0588. The summed E-state index contributed by atoms with van der Waals surface area (Å²) in [5.74, 6) is -2.21. The molecular formula is C20H15N3O4. The van der Waals surface area contributed by atoms with Crippen molar-refractivity contribution in [2.75, 3.05) is 0 Å². The van der Waals surface area contributed by atoms with E-state index in [1.807, 2.05) is 32.0 Å². The number of fused-ring (bicyclic) bond motifs is 1. The molecule has 0 radical (unpaired) electrons. The molecule has 2 heterocycles. The topological polar surface area (TPSA) is 92.4 Å². The van der Waals surface area contributed by atoms with Gasteiger partial charge in [-0.2, -0.15) is 5.10 Å². The second-order valence-electron chi connectivity index (χ2n) is 6.29. The highest BCUT2D eigenvalue weighted by molar-refractivity contribution is 6.21. The van der Waals surface area contributed by atoms with Crippen molar-refractivity contribution in [3.05, 3.63) is 76.5 Å². The molecule has 7 nitrogen and oxygen atoms in total. The van der Waals surface area contributed by atoms with E-state index in [2.05, 4.69) is 10.2 Å². The highest BCUT2D eigenvalue weighted by Crippen LogP contribution is 2.24. The van der Waals surface area contributed by atoms with Gasteiger partial charge in [0.05, 0.1) is 16.8 Å². The molecule has 4 rings (SSSR count). The lowest BCUT2D eigenvalue weighted by atomic mass is 10.0. The third-order valence-corrected chi connectivity index (χ3v) is 4.53. The Kier molecular flexibility index (Phi) is 3.84. The third kappa shape index (κ3) is 2.79. The highest BCUT2D eigenvalue weighted by atomic mass is 16.7. The average Bonchev–Trinajstić information content (AvgIpc) is 3.25. The maximum absolute atomic E-state index is 12.4. The molecule has 1 aliphatic rings. The molecule has 0 unspecified atom stereocenters. The van der Waals surface area contributed by atoms with Gasteiger partial charge in [0.15, 0.2) is 0 Å². The Morgan fingerprint density at radius 1 is 0.963 bits per heavy atom. The smallest absolute Gasteiger partial charge is 0.323 e. The van der Waals surface area contributed by atoms with E-state index in [1.54, 1.807) is 12.1 Å². The average molecular weight is 361 g/mol. The number of carbonyl (C=O) groups is 3. The quantitative estimate of drug-likeness (QED) is 0.724. The number of benzene rings is 2. The summed E-state index contributed by atoms with van der Waals surface area (Å²) in [5.41, 5.74) is 4.11. The second-order valence-corrected chi connectivity index (χ2v) is 6.29. The molecule has 1 aliphatic heterocycles. The van der Waals surface area contributed by atoms with Crippen molar-refractivity contribution in [2.24, 2.45) is 0 Å². The van der Waals surface area contributed by atoms with E-state index in [4.69, 9.17) is 4.84 Å². The molecule has 0 saturated carbocycles. The van der Waals surface area contributed by atoms with Crippen molar-refractivity contribution >= 4 is 17.8 Å². The molecule has 3 aromatic rings. The van der Waals surface area contributed by atoms with Crippen LogP contribution in [0.15, 0.2) is 48.5 Å². The molecule has 0 fully saturated rings. The number of H-pyrrole nitrogens is 1. The van der Waals surface area contributed by atoms with E-state index in [9.17, 15) is 14.4 Å². The molecule has 27 heavy (non-hydrogen) atoms. The number of aryl methyl sites for hydroxylation is 2. The molecule has 0 spiro atoms. The first-order valence-electron chi connectivity index (χ1n) is 8.29. The van der Waals surface area contributed by atoms with Gasteiger partial charge in [0, 0.05) is 5.56 Å². The third-order valence-electron chi connectivity index (χ3n) is 4.53. The van der Waals surface area contributed by atoms with Crippen molar-refractivity contribution in [2.45, 2.75) is 13.8 Å². The Bertz CT molecular complexity index is 1070. The molecular weight excluding hydrogens is 346 g/mol. The van der Waals surface area contributed by atoms with Crippen LogP contribution in [0.4, 0.5) is 0 Å². The van der Waals surface area contributed by atoms with Crippen LogP contribution in [0.3, 0.4) is 0 Å². The van der Waals surface area contributed by atoms with Gasteiger partial charge in [0.1, 0.15) is 5.69 Å². The fraction of sp³-hybridized carbons (Fsp3) is 0.100. The summed E-state index contributed by atoms with van der Waals surface area (Å²) in [5, 5.41) is 7.18. The summed E-state index contributed by atoms with van der Waals surface area (Å²) in [7, 11) is 0. The monoisotopic (exact) mass is 361 g/mol. The fourth-order valence-corrected chi connectivity index (χ4v) is 2.86. The summed E-state index contributed by atoms with van der Waals surface area (Å²) in [6.45, 7) is 4.00. The van der Waals surface area contributed by atoms with E-state index in [0.29, 0.717) is 10.8 Å². The van der Waals surface area contributed by atoms with Crippen LogP contribution in [0.1, 0.15) is 42.3 Å². The number of aromatic amines is 1. The van der Waals surface area contributed by atoms with Gasteiger partial charge < -0.3 is 4.84 Å². The molecule has 0 aliphatic carbocycles. The van der Waals surface area contributed by atoms with Crippen molar-refractivity contribution in [1.29, 1.82) is 0 Å². The minimum absolute atomic E-state index is 0.0415. The molecule has 1 aromatic heterocycles. The number of amides is 2. The lowest BCUT2D eigenvalue weighted by Gasteiger charge is -2.11. The van der Waals surface area contributed by atoms with Crippen molar-refractivity contribution in [1.82, 2.24) is 15.3 Å². The van der Waals surface area contributed by atoms with E-state index >= 15 is 0 Å². The summed E-state index contributed by atoms with van der Waals surface area (Å²) in [6, 6.07) is 13.7. The van der Waals surface area contributed by atoms with Crippen LogP contribution < -0.4 is 0 Å². The van der Waals surface area contributed by atoms with E-state index in [0.717, 1.165) is 16.7 Å². The second kappa shape index (κ2) is 6.21. The minimum atomic E-state index is -0.868. The molecule has 7 heteroatoms. The fourth-order valence-electron chi connectivity index (χ4n) is 2.86. The van der Waals surface area contributed by atoms with Crippen LogP contribution >= 0.6 is 0 Å². The predicted molar refractivity (Wildman–Crippen MR) is 95.9 cm³/mol. The van der Waals surface area contributed by atoms with Crippen LogP contribution in [0.25, 0.3) is 11.3 Å². The molecule has 1 N–H and O–H groups in total. The maximum Gasteiger partial charge on any atom is 0.381 e. The van der Waals surface area contributed by atoms with E-state index in [-0.39, 0.29) is 16.8 Å². The summed E-state index contributed by atoms with van der Waals surface area (Å²) < 4.78 is 0. The zero-order valence-corrected chi connectivity index (χ0v) is 14.6. The predicted octanol–water partition coefficient (Wildman–Crippen LogP) is 3.06. The maximum atomic E-state index is 12.4. The summed E-state index contributed by atoms with van der Waals surface area (Å²) >= 11 is 0. The summed E-state index contributed by atoms with van der Waals surface area (Å²) in [4.78, 5) is 41.9. The molecule has 0 bridgehead atoms. The number of imide groups is 1. The van der Waals surface area contributed by atoms with Crippen molar-refractivity contribution in [3.8, 4) is 11.3 Å². The molecule has 0 saturated heterocycles. The largest absolute Gasteiger partial charge is 0.381 e. The van der Waals surface area contributed by atoms with E-state index in [1.165, 1.54) is 18.2 Å². The van der Waals surface area contributed by atoms with Crippen LogP contribution in [0, 0.1) is 13.8 Å². The number of hydroxylamine groups is 2. The van der Waals surface area contributed by atoms with Crippen LogP contribution in [0.2, 0.25) is 0 Å². The first-order valence-corrected chi connectivity index (χ1v) is 8.29. The Balaban J connectivity index is 1.55. The van der Waals surface area contributed by atoms with Gasteiger partial charge in [-0.15, -0.1) is 0 Å². The van der Waals surface area contributed by atoms with Gasteiger partial charge in [0.25, 0.3) is 11.8 Å². The van der Waals surface area contributed by atoms with Crippen molar-refractivity contribution in [3.63, 3.8) is 0 Å². The number of hydrogen-bond acceptors (Lipinski definition) is 5. The molecule has 2 aromatic carbocycles. The number of nitrogens with one attached hydrogen (secondary N) is 1. The Morgan fingerprint density at radius 2 is 1.63 bits per heavy atom. The van der Waals surface area contributed by atoms with Gasteiger partial charge in [-0.1, -0.05) is 29.3 Å². The van der Waals surface area contributed by atoms with Gasteiger partial charge in [-0.3, -0.25) is 14.7 Å². The zero-order valence-electron chi connectivity index (χ0n) is 14.6. The normalized spacial score (nSPS) is 13.0. The van der Waals surface area contributed by atoms with Crippen molar-refractivity contribution < 1.29 is 19.2 Å².